The Balaban J connectivity index is 2.37. The van der Waals surface area contributed by atoms with Gasteiger partial charge in [-0.25, -0.2) is 0 Å². The van der Waals surface area contributed by atoms with E-state index in [0.717, 1.165) is 31.7 Å². The van der Waals surface area contributed by atoms with Gasteiger partial charge in [0.25, 0.3) is 5.91 Å². The number of carbonyl (C=O) groups is 1. The Labute approximate surface area is 112 Å². The Morgan fingerprint density at radius 2 is 2.39 bits per heavy atom. The first-order valence-corrected chi connectivity index (χ1v) is 6.58. The second-order valence-corrected chi connectivity index (χ2v) is 4.89. The van der Waals surface area contributed by atoms with E-state index in [2.05, 4.69) is 17.1 Å². The number of rotatable bonds is 4. The third-order valence-electron chi connectivity index (χ3n) is 3.35. The third kappa shape index (κ3) is 2.60. The molecule has 2 rings (SSSR count). The lowest BCUT2D eigenvalue weighted by atomic mass is 10.1. The highest BCUT2D eigenvalue weighted by atomic mass is 35.5. The van der Waals surface area contributed by atoms with Crippen LogP contribution in [-0.4, -0.2) is 31.6 Å². The molecular formula is C13H18ClN3O. The van der Waals surface area contributed by atoms with E-state index in [-0.39, 0.29) is 0 Å². The number of likely N-dealkylation sites (N-methyl/N-ethyl adjacent to an activating group) is 1. The zero-order valence-electron chi connectivity index (χ0n) is 10.4. The number of nitrogens with one attached hydrogen (secondary N) is 1. The lowest BCUT2D eigenvalue weighted by Gasteiger charge is -2.30. The summed E-state index contributed by atoms with van der Waals surface area (Å²) >= 11 is 5.93. The summed E-state index contributed by atoms with van der Waals surface area (Å²) < 4.78 is 0. The molecule has 0 bridgehead atoms. The minimum absolute atomic E-state index is 0.411. The van der Waals surface area contributed by atoms with Gasteiger partial charge in [-0.2, -0.15) is 0 Å². The van der Waals surface area contributed by atoms with Crippen molar-refractivity contribution in [2.75, 3.05) is 24.5 Å². The average Bonchev–Trinajstić information content (AvgIpc) is 2.85. The Bertz CT molecular complexity index is 444. The minimum Gasteiger partial charge on any atom is -0.367 e. The number of primary amides is 1. The molecule has 0 saturated carbocycles. The molecule has 18 heavy (non-hydrogen) atoms. The molecule has 1 aliphatic rings. The molecule has 0 spiro atoms. The molecule has 5 heteroatoms. The van der Waals surface area contributed by atoms with Crippen LogP contribution in [-0.2, 0) is 0 Å². The van der Waals surface area contributed by atoms with Crippen LogP contribution >= 0.6 is 11.6 Å². The Hall–Kier alpha value is -1.26. The first-order valence-electron chi connectivity index (χ1n) is 6.20. The van der Waals surface area contributed by atoms with Crippen molar-refractivity contribution in [1.29, 1.82) is 0 Å². The SMILES string of the molecule is CCN(c1ccc(Cl)cc1C(N)=O)C1CCNC1. The summed E-state index contributed by atoms with van der Waals surface area (Å²) in [5, 5.41) is 3.87. The monoisotopic (exact) mass is 267 g/mol. The molecule has 1 saturated heterocycles. The smallest absolute Gasteiger partial charge is 0.250 e. The van der Waals surface area contributed by atoms with Gasteiger partial charge < -0.3 is 16.0 Å². The fraction of sp³-hybridized carbons (Fsp3) is 0.462. The number of anilines is 1. The molecule has 1 atom stereocenters. The molecule has 4 nitrogen and oxygen atoms in total. The number of carbonyl (C=O) groups excluding carboxylic acids is 1. The quantitative estimate of drug-likeness (QED) is 0.872. The highest BCUT2D eigenvalue weighted by Crippen LogP contribution is 2.27. The Kier molecular flexibility index (Phi) is 4.09. The van der Waals surface area contributed by atoms with Crippen LogP contribution in [0.5, 0.6) is 0 Å². The molecule has 0 aliphatic carbocycles. The van der Waals surface area contributed by atoms with Crippen LogP contribution in [0.2, 0.25) is 5.02 Å². The first-order chi connectivity index (χ1) is 8.63. The lowest BCUT2D eigenvalue weighted by Crippen LogP contribution is -2.38. The molecule has 3 N–H and O–H groups in total. The van der Waals surface area contributed by atoms with E-state index in [1.165, 1.54) is 0 Å². The van der Waals surface area contributed by atoms with Crippen LogP contribution in [0.3, 0.4) is 0 Å². The molecular weight excluding hydrogens is 250 g/mol. The summed E-state index contributed by atoms with van der Waals surface area (Å²) in [7, 11) is 0. The number of halogens is 1. The number of amides is 1. The van der Waals surface area contributed by atoms with Crippen molar-refractivity contribution >= 4 is 23.2 Å². The molecule has 1 heterocycles. The van der Waals surface area contributed by atoms with Gasteiger partial charge in [0.1, 0.15) is 0 Å². The van der Waals surface area contributed by atoms with E-state index in [1.54, 1.807) is 12.1 Å². The summed E-state index contributed by atoms with van der Waals surface area (Å²) in [6.45, 7) is 4.88. The van der Waals surface area contributed by atoms with Crippen LogP contribution in [0.4, 0.5) is 5.69 Å². The van der Waals surface area contributed by atoms with E-state index in [4.69, 9.17) is 17.3 Å². The zero-order valence-corrected chi connectivity index (χ0v) is 11.2. The van der Waals surface area contributed by atoms with Gasteiger partial charge in [0, 0.05) is 29.8 Å². The maximum atomic E-state index is 11.5. The Morgan fingerprint density at radius 1 is 1.61 bits per heavy atom. The number of benzene rings is 1. The maximum Gasteiger partial charge on any atom is 0.250 e. The van der Waals surface area contributed by atoms with Crippen molar-refractivity contribution in [3.63, 3.8) is 0 Å². The van der Waals surface area contributed by atoms with Gasteiger partial charge in [-0.15, -0.1) is 0 Å². The predicted octanol–water partition coefficient (Wildman–Crippen LogP) is 1.63. The van der Waals surface area contributed by atoms with Crippen LogP contribution < -0.4 is 16.0 Å². The van der Waals surface area contributed by atoms with Crippen molar-refractivity contribution in [3.05, 3.63) is 28.8 Å². The van der Waals surface area contributed by atoms with Crippen LogP contribution in [0.25, 0.3) is 0 Å². The molecule has 0 aromatic heterocycles. The highest BCUT2D eigenvalue weighted by molar-refractivity contribution is 6.31. The van der Waals surface area contributed by atoms with Gasteiger partial charge in [-0.1, -0.05) is 11.6 Å². The van der Waals surface area contributed by atoms with Crippen molar-refractivity contribution in [2.24, 2.45) is 5.73 Å². The summed E-state index contributed by atoms with van der Waals surface area (Å²) in [6, 6.07) is 5.73. The molecule has 1 fully saturated rings. The predicted molar refractivity (Wildman–Crippen MR) is 74.3 cm³/mol. The van der Waals surface area contributed by atoms with E-state index >= 15 is 0 Å². The maximum absolute atomic E-state index is 11.5. The fourth-order valence-corrected chi connectivity index (χ4v) is 2.66. The van der Waals surface area contributed by atoms with E-state index < -0.39 is 5.91 Å². The zero-order chi connectivity index (χ0) is 13.1. The van der Waals surface area contributed by atoms with E-state index in [0.29, 0.717) is 16.6 Å². The van der Waals surface area contributed by atoms with Crippen LogP contribution in [0, 0.1) is 0 Å². The number of hydrogen-bond donors (Lipinski definition) is 2. The average molecular weight is 268 g/mol. The molecule has 0 radical (unpaired) electrons. The van der Waals surface area contributed by atoms with Crippen molar-refractivity contribution < 1.29 is 4.79 Å². The van der Waals surface area contributed by atoms with Gasteiger partial charge in [-0.05, 0) is 38.1 Å². The normalized spacial score (nSPS) is 18.9. The number of nitrogens with zero attached hydrogens (tertiary/aromatic N) is 1. The third-order valence-corrected chi connectivity index (χ3v) is 3.58. The number of hydrogen-bond acceptors (Lipinski definition) is 3. The minimum atomic E-state index is -0.433. The molecule has 1 aromatic carbocycles. The molecule has 1 aliphatic heterocycles. The van der Waals surface area contributed by atoms with Gasteiger partial charge in [0.05, 0.1) is 5.56 Å². The second-order valence-electron chi connectivity index (χ2n) is 4.46. The van der Waals surface area contributed by atoms with E-state index in [9.17, 15) is 4.79 Å². The van der Waals surface area contributed by atoms with Gasteiger partial charge >= 0.3 is 0 Å². The van der Waals surface area contributed by atoms with Crippen LogP contribution in [0.15, 0.2) is 18.2 Å². The second kappa shape index (κ2) is 5.59. The van der Waals surface area contributed by atoms with Gasteiger partial charge in [0.2, 0.25) is 0 Å². The standard InChI is InChI=1S/C13H18ClN3O/c1-2-17(10-5-6-16-8-10)12-4-3-9(14)7-11(12)13(15)18/h3-4,7,10,16H,2,5-6,8H2,1H3,(H2,15,18). The number of nitrogens with two attached hydrogens (primary N) is 1. The lowest BCUT2D eigenvalue weighted by molar-refractivity contribution is 0.100. The first kappa shape index (κ1) is 13.2. The van der Waals surface area contributed by atoms with Crippen molar-refractivity contribution in [2.45, 2.75) is 19.4 Å². The largest absolute Gasteiger partial charge is 0.367 e. The fourth-order valence-electron chi connectivity index (χ4n) is 2.49. The molecule has 98 valence electrons. The molecule has 1 aromatic rings. The van der Waals surface area contributed by atoms with Crippen molar-refractivity contribution in [3.8, 4) is 0 Å². The molecule has 1 unspecified atom stereocenters. The van der Waals surface area contributed by atoms with Crippen molar-refractivity contribution in [1.82, 2.24) is 5.32 Å². The molecule has 1 amide bonds. The van der Waals surface area contributed by atoms with E-state index in [1.807, 2.05) is 6.07 Å². The highest BCUT2D eigenvalue weighted by Gasteiger charge is 2.24. The Morgan fingerprint density at radius 3 is 2.94 bits per heavy atom. The van der Waals surface area contributed by atoms with Crippen LogP contribution in [0.1, 0.15) is 23.7 Å². The summed E-state index contributed by atoms with van der Waals surface area (Å²) in [4.78, 5) is 13.7. The van der Waals surface area contributed by atoms with Gasteiger partial charge in [0.15, 0.2) is 0 Å². The van der Waals surface area contributed by atoms with Gasteiger partial charge in [-0.3, -0.25) is 4.79 Å². The summed E-state index contributed by atoms with van der Waals surface area (Å²) in [6.07, 6.45) is 1.08. The topological polar surface area (TPSA) is 58.4 Å². The summed E-state index contributed by atoms with van der Waals surface area (Å²) in [5.41, 5.74) is 6.81. The summed E-state index contributed by atoms with van der Waals surface area (Å²) in [5.74, 6) is -0.433.